The molecule has 24 heavy (non-hydrogen) atoms. The van der Waals surface area contributed by atoms with Gasteiger partial charge in [-0.1, -0.05) is 54.6 Å². The van der Waals surface area contributed by atoms with E-state index in [0.29, 0.717) is 0 Å². The van der Waals surface area contributed by atoms with Crippen LogP contribution in [0.5, 0.6) is 0 Å². The number of nitrogens with one attached hydrogen (secondary N) is 1. The van der Waals surface area contributed by atoms with E-state index in [1.807, 2.05) is 61.5 Å². The van der Waals surface area contributed by atoms with Gasteiger partial charge in [-0.15, -0.1) is 0 Å². The van der Waals surface area contributed by atoms with Gasteiger partial charge in [0.25, 0.3) is 0 Å². The first-order valence-electron chi connectivity index (χ1n) is 7.63. The highest BCUT2D eigenvalue weighted by Gasteiger charge is 2.17. The highest BCUT2D eigenvalue weighted by molar-refractivity contribution is 7.88. The molecule has 2 aromatic rings. The predicted octanol–water partition coefficient (Wildman–Crippen LogP) is 2.42. The van der Waals surface area contributed by atoms with E-state index in [-0.39, 0.29) is 18.5 Å². The topological polar surface area (TPSA) is 66.5 Å². The van der Waals surface area contributed by atoms with Crippen LogP contribution in [0.3, 0.4) is 0 Å². The van der Waals surface area contributed by atoms with Crippen LogP contribution in [0.1, 0.15) is 18.5 Å². The van der Waals surface area contributed by atoms with E-state index < -0.39 is 10.0 Å². The minimum absolute atomic E-state index is 0.189. The van der Waals surface area contributed by atoms with Crippen LogP contribution in [0.15, 0.2) is 54.6 Å². The molecule has 128 valence electrons. The summed E-state index contributed by atoms with van der Waals surface area (Å²) in [4.78, 5) is 12.0. The Hall–Kier alpha value is -2.18. The van der Waals surface area contributed by atoms with E-state index in [2.05, 4.69) is 5.32 Å². The van der Waals surface area contributed by atoms with E-state index in [1.165, 1.54) is 7.05 Å². The molecule has 0 bridgehead atoms. The van der Waals surface area contributed by atoms with Crippen molar-refractivity contribution in [3.05, 3.63) is 60.2 Å². The van der Waals surface area contributed by atoms with Crippen molar-refractivity contribution < 1.29 is 13.2 Å². The molecule has 0 aliphatic rings. The van der Waals surface area contributed by atoms with Gasteiger partial charge < -0.3 is 5.32 Å². The molecule has 0 aliphatic heterocycles. The van der Waals surface area contributed by atoms with Crippen molar-refractivity contribution in [2.75, 3.05) is 19.8 Å². The smallest absolute Gasteiger partial charge is 0.235 e. The number of carbonyl (C=O) groups excluding carboxylic acids is 1. The molecule has 0 saturated carbocycles. The van der Waals surface area contributed by atoms with Gasteiger partial charge in [0.15, 0.2) is 0 Å². The summed E-state index contributed by atoms with van der Waals surface area (Å²) in [5.41, 5.74) is 3.20. The van der Waals surface area contributed by atoms with Gasteiger partial charge in [0.1, 0.15) is 0 Å². The molecule has 1 unspecified atom stereocenters. The van der Waals surface area contributed by atoms with Crippen LogP contribution in [-0.2, 0) is 14.8 Å². The number of amides is 1. The first-order valence-corrected chi connectivity index (χ1v) is 9.48. The number of nitrogens with zero attached hydrogens (tertiary/aromatic N) is 1. The summed E-state index contributed by atoms with van der Waals surface area (Å²) in [6, 6.07) is 17.8. The molecular weight excluding hydrogens is 324 g/mol. The molecule has 0 aliphatic carbocycles. The Balaban J connectivity index is 2.00. The highest BCUT2D eigenvalue weighted by atomic mass is 32.2. The average Bonchev–Trinajstić information content (AvgIpc) is 2.54. The van der Waals surface area contributed by atoms with Crippen LogP contribution >= 0.6 is 0 Å². The maximum atomic E-state index is 12.0. The lowest BCUT2D eigenvalue weighted by Gasteiger charge is -2.18. The summed E-state index contributed by atoms with van der Waals surface area (Å²) in [7, 11) is -1.98. The van der Waals surface area contributed by atoms with Crippen LogP contribution in [0.2, 0.25) is 0 Å². The summed E-state index contributed by atoms with van der Waals surface area (Å²) in [5.74, 6) is -0.331. The van der Waals surface area contributed by atoms with E-state index in [4.69, 9.17) is 0 Å². The monoisotopic (exact) mass is 346 g/mol. The SMILES string of the molecule is CC(NC(=O)CN(C)S(C)(=O)=O)c1ccc(-c2ccccc2)cc1. The van der Waals surface area contributed by atoms with Crippen molar-refractivity contribution in [1.82, 2.24) is 9.62 Å². The molecule has 0 fully saturated rings. The molecule has 0 spiro atoms. The lowest BCUT2D eigenvalue weighted by Crippen LogP contribution is -2.38. The van der Waals surface area contributed by atoms with E-state index >= 15 is 0 Å². The number of likely N-dealkylation sites (N-methyl/N-ethyl adjacent to an activating group) is 1. The summed E-state index contributed by atoms with van der Waals surface area (Å²) >= 11 is 0. The number of benzene rings is 2. The molecule has 0 saturated heterocycles. The first kappa shape index (κ1) is 18.2. The Morgan fingerprint density at radius 3 is 2.12 bits per heavy atom. The summed E-state index contributed by atoms with van der Waals surface area (Å²) < 4.78 is 23.7. The van der Waals surface area contributed by atoms with Crippen LogP contribution in [0.4, 0.5) is 0 Å². The van der Waals surface area contributed by atoms with Gasteiger partial charge in [0.2, 0.25) is 15.9 Å². The van der Waals surface area contributed by atoms with Gasteiger partial charge in [-0.05, 0) is 23.6 Å². The number of carbonyl (C=O) groups is 1. The lowest BCUT2D eigenvalue weighted by molar-refractivity contribution is -0.121. The molecule has 1 atom stereocenters. The number of hydrogen-bond acceptors (Lipinski definition) is 3. The second-order valence-corrected chi connectivity index (χ2v) is 7.89. The van der Waals surface area contributed by atoms with Crippen LogP contribution in [0, 0.1) is 0 Å². The predicted molar refractivity (Wildman–Crippen MR) is 95.9 cm³/mol. The van der Waals surface area contributed by atoms with Crippen molar-refractivity contribution >= 4 is 15.9 Å². The molecular formula is C18H22N2O3S. The van der Waals surface area contributed by atoms with Gasteiger partial charge in [-0.3, -0.25) is 4.79 Å². The van der Waals surface area contributed by atoms with Gasteiger partial charge in [-0.2, -0.15) is 4.31 Å². The van der Waals surface area contributed by atoms with Gasteiger partial charge >= 0.3 is 0 Å². The van der Waals surface area contributed by atoms with Crippen LogP contribution < -0.4 is 5.32 Å². The Kier molecular flexibility index (Phi) is 5.75. The third-order valence-corrected chi connectivity index (χ3v) is 5.09. The molecule has 1 N–H and O–H groups in total. The second-order valence-electron chi connectivity index (χ2n) is 5.80. The van der Waals surface area contributed by atoms with E-state index in [9.17, 15) is 13.2 Å². The Bertz CT molecular complexity index is 787. The molecule has 5 nitrogen and oxygen atoms in total. The number of hydrogen-bond donors (Lipinski definition) is 1. The van der Waals surface area contributed by atoms with Crippen molar-refractivity contribution in [3.8, 4) is 11.1 Å². The summed E-state index contributed by atoms with van der Waals surface area (Å²) in [6.07, 6.45) is 1.08. The van der Waals surface area contributed by atoms with Crippen molar-refractivity contribution in [3.63, 3.8) is 0 Å². The highest BCUT2D eigenvalue weighted by Crippen LogP contribution is 2.21. The minimum atomic E-state index is -3.36. The molecule has 6 heteroatoms. The normalized spacial score (nSPS) is 12.8. The zero-order chi connectivity index (χ0) is 17.7. The Morgan fingerprint density at radius 1 is 1.04 bits per heavy atom. The fourth-order valence-corrected chi connectivity index (χ4v) is 2.64. The van der Waals surface area contributed by atoms with Crippen molar-refractivity contribution in [2.24, 2.45) is 0 Å². The van der Waals surface area contributed by atoms with Crippen molar-refractivity contribution in [1.29, 1.82) is 0 Å². The molecule has 0 radical (unpaired) electrons. The maximum absolute atomic E-state index is 12.0. The average molecular weight is 346 g/mol. The molecule has 2 aromatic carbocycles. The first-order chi connectivity index (χ1) is 11.3. The lowest BCUT2D eigenvalue weighted by atomic mass is 10.0. The van der Waals surface area contributed by atoms with Crippen LogP contribution in [-0.4, -0.2) is 38.5 Å². The van der Waals surface area contributed by atoms with Gasteiger partial charge in [-0.25, -0.2) is 8.42 Å². The van der Waals surface area contributed by atoms with Gasteiger partial charge in [0, 0.05) is 7.05 Å². The quantitative estimate of drug-likeness (QED) is 0.873. The summed E-state index contributed by atoms with van der Waals surface area (Å²) in [6.45, 7) is 1.68. The molecule has 2 rings (SSSR count). The maximum Gasteiger partial charge on any atom is 0.235 e. The number of rotatable bonds is 6. The molecule has 1 amide bonds. The number of sulfonamides is 1. The zero-order valence-corrected chi connectivity index (χ0v) is 14.9. The van der Waals surface area contributed by atoms with Gasteiger partial charge in [0.05, 0.1) is 18.8 Å². The fourth-order valence-electron chi connectivity index (χ4n) is 2.28. The minimum Gasteiger partial charge on any atom is -0.348 e. The van der Waals surface area contributed by atoms with E-state index in [0.717, 1.165) is 27.3 Å². The van der Waals surface area contributed by atoms with Crippen LogP contribution in [0.25, 0.3) is 11.1 Å². The second kappa shape index (κ2) is 7.59. The van der Waals surface area contributed by atoms with E-state index in [1.54, 1.807) is 0 Å². The third-order valence-electron chi connectivity index (χ3n) is 3.83. The van der Waals surface area contributed by atoms with Crippen molar-refractivity contribution in [2.45, 2.75) is 13.0 Å². The Morgan fingerprint density at radius 2 is 1.58 bits per heavy atom. The zero-order valence-electron chi connectivity index (χ0n) is 14.1. The largest absolute Gasteiger partial charge is 0.348 e. The molecule has 0 heterocycles. The fraction of sp³-hybridized carbons (Fsp3) is 0.278. The third kappa shape index (κ3) is 4.91. The standard InChI is InChI=1S/C18H22N2O3S/c1-14(19-18(21)13-20(2)24(3,22)23)15-9-11-17(12-10-15)16-7-5-4-6-8-16/h4-12,14H,13H2,1-3H3,(H,19,21). The Labute approximate surface area is 143 Å². The molecule has 0 aromatic heterocycles. The summed E-state index contributed by atoms with van der Waals surface area (Å²) in [5, 5.41) is 2.81.